The van der Waals surface area contributed by atoms with Gasteiger partial charge in [-0.05, 0) is 54.9 Å². The van der Waals surface area contributed by atoms with Gasteiger partial charge in [-0.2, -0.15) is 0 Å². The zero-order chi connectivity index (χ0) is 18.8. The van der Waals surface area contributed by atoms with Crippen molar-refractivity contribution in [3.63, 3.8) is 0 Å². The lowest BCUT2D eigenvalue weighted by atomic mass is 9.77. The maximum Gasteiger partial charge on any atom is 0.141 e. The van der Waals surface area contributed by atoms with Crippen LogP contribution in [-0.2, 0) is 6.42 Å². The molecule has 4 nitrogen and oxygen atoms in total. The van der Waals surface area contributed by atoms with Crippen LogP contribution in [0.1, 0.15) is 49.1 Å². The lowest BCUT2D eigenvalue weighted by molar-refractivity contribution is 0.414. The largest absolute Gasteiger partial charge is 0.382 e. The van der Waals surface area contributed by atoms with Crippen LogP contribution in [0.2, 0.25) is 0 Å². The standard InChI is InChI=1S/C22H23FN4/c1-2-15-6-7-16(27-15)8-9-18-17(14-4-3-5-14)10-11-19(22(18)23)20-12-26-21(24)13-25-20/h2,6,10-14H,1,3-5,7-9H2,(H2,24,26). The van der Waals surface area contributed by atoms with E-state index >= 15 is 4.39 Å². The zero-order valence-corrected chi connectivity index (χ0v) is 15.3. The molecule has 2 heterocycles. The Morgan fingerprint density at radius 2 is 2.04 bits per heavy atom. The van der Waals surface area contributed by atoms with Crippen molar-refractivity contribution in [3.05, 3.63) is 65.9 Å². The first kappa shape index (κ1) is 17.6. The van der Waals surface area contributed by atoms with Crippen molar-refractivity contribution in [1.29, 1.82) is 0 Å². The molecule has 1 fully saturated rings. The van der Waals surface area contributed by atoms with E-state index in [4.69, 9.17) is 5.73 Å². The third kappa shape index (κ3) is 3.54. The van der Waals surface area contributed by atoms with E-state index in [9.17, 15) is 0 Å². The second-order valence-corrected chi connectivity index (χ2v) is 7.16. The van der Waals surface area contributed by atoms with Gasteiger partial charge >= 0.3 is 0 Å². The number of anilines is 1. The molecule has 27 heavy (non-hydrogen) atoms. The summed E-state index contributed by atoms with van der Waals surface area (Å²) in [5.41, 5.74) is 10.5. The van der Waals surface area contributed by atoms with Crippen LogP contribution in [0.15, 0.2) is 53.9 Å². The van der Waals surface area contributed by atoms with Gasteiger partial charge in [0.1, 0.15) is 11.6 Å². The van der Waals surface area contributed by atoms with Gasteiger partial charge in [0.15, 0.2) is 0 Å². The van der Waals surface area contributed by atoms with Crippen LogP contribution >= 0.6 is 0 Å². The predicted octanol–water partition coefficient (Wildman–Crippen LogP) is 4.98. The molecule has 2 N–H and O–H groups in total. The molecule has 1 aromatic heterocycles. The number of allylic oxidation sites excluding steroid dienone is 2. The Kier molecular flexibility index (Phi) is 4.84. The fraction of sp³-hybridized carbons (Fsp3) is 0.318. The fourth-order valence-corrected chi connectivity index (χ4v) is 3.72. The van der Waals surface area contributed by atoms with Crippen molar-refractivity contribution in [2.24, 2.45) is 4.99 Å². The average Bonchev–Trinajstić information content (AvgIpc) is 3.09. The van der Waals surface area contributed by atoms with Crippen molar-refractivity contribution in [2.45, 2.75) is 44.4 Å². The van der Waals surface area contributed by atoms with Gasteiger partial charge in [0.05, 0.1) is 23.8 Å². The van der Waals surface area contributed by atoms with Gasteiger partial charge in [-0.15, -0.1) is 0 Å². The van der Waals surface area contributed by atoms with Crippen LogP contribution in [0, 0.1) is 5.82 Å². The molecule has 4 rings (SSSR count). The highest BCUT2D eigenvalue weighted by molar-refractivity contribution is 5.89. The second-order valence-electron chi connectivity index (χ2n) is 7.16. The number of benzene rings is 1. The SMILES string of the molecule is C=CC1=CCC(CCc2c(C3CCC3)ccc(-c3cnc(N)cn3)c2F)=N1. The maximum atomic E-state index is 15.5. The molecule has 0 spiro atoms. The fourth-order valence-electron chi connectivity index (χ4n) is 3.72. The van der Waals surface area contributed by atoms with E-state index in [0.717, 1.165) is 48.2 Å². The number of nitrogen functional groups attached to an aromatic ring is 1. The van der Waals surface area contributed by atoms with E-state index in [1.165, 1.54) is 18.8 Å². The number of nitrogens with two attached hydrogens (primary N) is 1. The summed E-state index contributed by atoms with van der Waals surface area (Å²) in [6.07, 6.45) is 12.5. The quantitative estimate of drug-likeness (QED) is 0.788. The summed E-state index contributed by atoms with van der Waals surface area (Å²) in [5, 5.41) is 0. The van der Waals surface area contributed by atoms with Crippen LogP contribution < -0.4 is 5.73 Å². The molecule has 0 bridgehead atoms. The minimum absolute atomic E-state index is 0.186. The minimum atomic E-state index is -0.186. The molecule has 1 aromatic carbocycles. The summed E-state index contributed by atoms with van der Waals surface area (Å²) in [6.45, 7) is 3.76. The van der Waals surface area contributed by atoms with Crippen LogP contribution in [0.25, 0.3) is 11.3 Å². The first-order valence-corrected chi connectivity index (χ1v) is 9.44. The molecular formula is C22H23FN4. The highest BCUT2D eigenvalue weighted by Gasteiger charge is 2.25. The summed E-state index contributed by atoms with van der Waals surface area (Å²) >= 11 is 0. The summed E-state index contributed by atoms with van der Waals surface area (Å²) in [7, 11) is 0. The lowest BCUT2D eigenvalue weighted by Gasteiger charge is -2.28. The zero-order valence-electron chi connectivity index (χ0n) is 15.3. The van der Waals surface area contributed by atoms with Crippen molar-refractivity contribution in [1.82, 2.24) is 9.97 Å². The molecule has 0 radical (unpaired) electrons. The Hall–Kier alpha value is -2.82. The number of nitrogens with zero attached hydrogens (tertiary/aromatic N) is 3. The number of hydrogen-bond donors (Lipinski definition) is 1. The highest BCUT2D eigenvalue weighted by atomic mass is 19.1. The van der Waals surface area contributed by atoms with Crippen molar-refractivity contribution >= 4 is 11.5 Å². The summed E-state index contributed by atoms with van der Waals surface area (Å²) in [4.78, 5) is 12.8. The van der Waals surface area contributed by atoms with E-state index in [1.54, 1.807) is 6.08 Å². The molecule has 5 heteroatoms. The summed E-state index contributed by atoms with van der Waals surface area (Å²) in [6, 6.07) is 3.90. The third-order valence-corrected chi connectivity index (χ3v) is 5.48. The second kappa shape index (κ2) is 7.43. The van der Waals surface area contributed by atoms with Gasteiger partial charge in [-0.3, -0.25) is 9.98 Å². The highest BCUT2D eigenvalue weighted by Crippen LogP contribution is 2.40. The van der Waals surface area contributed by atoms with Gasteiger partial charge in [0, 0.05) is 17.7 Å². The molecule has 1 saturated carbocycles. The normalized spacial score (nSPS) is 16.6. The van der Waals surface area contributed by atoms with E-state index in [-0.39, 0.29) is 5.82 Å². The lowest BCUT2D eigenvalue weighted by Crippen LogP contribution is -2.14. The van der Waals surface area contributed by atoms with Gasteiger partial charge < -0.3 is 5.73 Å². The third-order valence-electron chi connectivity index (χ3n) is 5.48. The van der Waals surface area contributed by atoms with Crippen molar-refractivity contribution in [2.75, 3.05) is 5.73 Å². The smallest absolute Gasteiger partial charge is 0.141 e. The average molecular weight is 362 g/mol. The minimum Gasteiger partial charge on any atom is -0.382 e. The van der Waals surface area contributed by atoms with E-state index in [0.29, 0.717) is 29.4 Å². The number of aromatic nitrogens is 2. The molecule has 1 aliphatic heterocycles. The van der Waals surface area contributed by atoms with Crippen LogP contribution in [0.4, 0.5) is 10.2 Å². The summed E-state index contributed by atoms with van der Waals surface area (Å²) in [5.74, 6) is 0.609. The first-order valence-electron chi connectivity index (χ1n) is 9.44. The molecule has 0 amide bonds. The summed E-state index contributed by atoms with van der Waals surface area (Å²) < 4.78 is 15.5. The van der Waals surface area contributed by atoms with Crippen LogP contribution in [0.5, 0.6) is 0 Å². The Morgan fingerprint density at radius 1 is 1.19 bits per heavy atom. The van der Waals surface area contributed by atoms with Gasteiger partial charge in [0.2, 0.25) is 0 Å². The van der Waals surface area contributed by atoms with Crippen molar-refractivity contribution < 1.29 is 4.39 Å². The monoisotopic (exact) mass is 362 g/mol. The number of aliphatic imine (C=N–C) groups is 1. The molecule has 1 aliphatic carbocycles. The Labute approximate surface area is 158 Å². The van der Waals surface area contributed by atoms with Crippen LogP contribution in [0.3, 0.4) is 0 Å². The first-order chi connectivity index (χ1) is 13.2. The van der Waals surface area contributed by atoms with Crippen LogP contribution in [-0.4, -0.2) is 15.7 Å². The molecule has 0 saturated heterocycles. The Balaban J connectivity index is 1.65. The number of hydrogen-bond acceptors (Lipinski definition) is 4. The molecule has 0 unspecified atom stereocenters. The maximum absolute atomic E-state index is 15.5. The topological polar surface area (TPSA) is 64.2 Å². The molecule has 2 aliphatic rings. The van der Waals surface area contributed by atoms with Crippen molar-refractivity contribution in [3.8, 4) is 11.3 Å². The van der Waals surface area contributed by atoms with Gasteiger partial charge in [0.25, 0.3) is 0 Å². The Morgan fingerprint density at radius 3 is 2.67 bits per heavy atom. The number of rotatable bonds is 6. The predicted molar refractivity (Wildman–Crippen MR) is 107 cm³/mol. The van der Waals surface area contributed by atoms with Gasteiger partial charge in [-0.25, -0.2) is 9.37 Å². The molecule has 2 aromatic rings. The van der Waals surface area contributed by atoms with E-state index in [1.807, 2.05) is 6.07 Å². The molecule has 138 valence electrons. The molecule has 0 atom stereocenters. The van der Waals surface area contributed by atoms with E-state index < -0.39 is 0 Å². The van der Waals surface area contributed by atoms with Gasteiger partial charge in [-0.1, -0.05) is 25.1 Å². The molecular weight excluding hydrogens is 339 g/mol. The Bertz CT molecular complexity index is 924. The number of halogens is 1. The van der Waals surface area contributed by atoms with E-state index in [2.05, 4.69) is 33.7 Å².